The largest absolute Gasteiger partial charge is 0.493 e. The third kappa shape index (κ3) is 4.62. The first kappa shape index (κ1) is 21.3. The minimum Gasteiger partial charge on any atom is -0.493 e. The van der Waals surface area contributed by atoms with Crippen molar-refractivity contribution in [1.82, 2.24) is 20.3 Å². The molecule has 3 aromatic rings. The van der Waals surface area contributed by atoms with Crippen LogP contribution in [0.15, 0.2) is 30.3 Å². The Balaban J connectivity index is 2.09. The lowest BCUT2D eigenvalue weighted by Gasteiger charge is -2.17. The van der Waals surface area contributed by atoms with E-state index in [1.54, 1.807) is 37.3 Å². The number of methoxy groups -OCH3 is 1. The summed E-state index contributed by atoms with van der Waals surface area (Å²) in [6.45, 7) is 3.65. The molecule has 3 rings (SSSR count). The van der Waals surface area contributed by atoms with Gasteiger partial charge in [-0.15, -0.1) is 0 Å². The highest BCUT2D eigenvalue weighted by molar-refractivity contribution is 6.05. The summed E-state index contributed by atoms with van der Waals surface area (Å²) in [4.78, 5) is 25.4. The number of hydrogen-bond acceptors (Lipinski definition) is 9. The number of para-hydroxylation sites is 1. The zero-order valence-electron chi connectivity index (χ0n) is 17.6. The highest BCUT2D eigenvalue weighted by Crippen LogP contribution is 2.34. The van der Waals surface area contributed by atoms with E-state index in [9.17, 15) is 10.1 Å². The molecule has 1 amide bonds. The number of ether oxygens (including phenoxy) is 1. The topological polar surface area (TPSA) is 151 Å². The molecule has 0 atom stereocenters. The quantitative estimate of drug-likeness (QED) is 0.473. The fraction of sp³-hybridized carbons (Fsp3) is 0.190. The zero-order chi connectivity index (χ0) is 22.5. The number of rotatable bonds is 6. The number of nitrogen functional groups attached to an aromatic ring is 1. The molecule has 0 bridgehead atoms. The zero-order valence-corrected chi connectivity index (χ0v) is 17.6. The summed E-state index contributed by atoms with van der Waals surface area (Å²) in [7, 11) is 2.97. The van der Waals surface area contributed by atoms with Crippen LogP contribution in [0.2, 0.25) is 0 Å². The van der Waals surface area contributed by atoms with Crippen molar-refractivity contribution in [2.75, 3.05) is 30.5 Å². The summed E-state index contributed by atoms with van der Waals surface area (Å²) in [5.41, 5.74) is 8.30. The van der Waals surface area contributed by atoms with Crippen molar-refractivity contribution >= 4 is 34.7 Å². The van der Waals surface area contributed by atoms with E-state index in [-0.39, 0.29) is 11.4 Å². The number of nitrogens with two attached hydrogens (primary N) is 1. The number of carbonyl (C=O) groups is 1. The van der Waals surface area contributed by atoms with E-state index in [0.29, 0.717) is 40.1 Å². The van der Waals surface area contributed by atoms with Crippen LogP contribution in [0, 0.1) is 25.2 Å². The SMILES string of the molecule is CNC(=O)c1c(Nc2cccc(C#N)c2OC)cc(Nc2cc(C)nc(C)n2)nc1N. The summed E-state index contributed by atoms with van der Waals surface area (Å²) >= 11 is 0. The number of aromatic nitrogens is 3. The first-order valence-electron chi connectivity index (χ1n) is 9.32. The number of anilines is 5. The fourth-order valence-electron chi connectivity index (χ4n) is 3.09. The van der Waals surface area contributed by atoms with Crippen LogP contribution in [-0.4, -0.2) is 35.0 Å². The molecule has 0 radical (unpaired) electrons. The van der Waals surface area contributed by atoms with Gasteiger partial charge in [-0.1, -0.05) is 6.07 Å². The Bertz CT molecular complexity index is 1170. The van der Waals surface area contributed by atoms with Crippen LogP contribution in [0.5, 0.6) is 5.75 Å². The Morgan fingerprint density at radius 2 is 1.84 bits per heavy atom. The Hall–Kier alpha value is -4.39. The van der Waals surface area contributed by atoms with Gasteiger partial charge in [-0.2, -0.15) is 5.26 Å². The molecule has 0 spiro atoms. The van der Waals surface area contributed by atoms with Gasteiger partial charge in [0.2, 0.25) is 0 Å². The number of amides is 1. The molecule has 10 nitrogen and oxygen atoms in total. The number of carbonyl (C=O) groups excluding carboxylic acids is 1. The molecule has 0 aliphatic rings. The molecule has 31 heavy (non-hydrogen) atoms. The normalized spacial score (nSPS) is 10.2. The predicted molar refractivity (Wildman–Crippen MR) is 118 cm³/mol. The van der Waals surface area contributed by atoms with Crippen molar-refractivity contribution in [2.45, 2.75) is 13.8 Å². The van der Waals surface area contributed by atoms with E-state index in [1.165, 1.54) is 14.2 Å². The molecule has 0 aliphatic heterocycles. The second kappa shape index (κ2) is 8.96. The number of aryl methyl sites for hydroxylation is 2. The van der Waals surface area contributed by atoms with E-state index in [0.717, 1.165) is 5.69 Å². The summed E-state index contributed by atoms with van der Waals surface area (Å²) in [5.74, 6) is 1.47. The van der Waals surface area contributed by atoms with Crippen molar-refractivity contribution in [1.29, 1.82) is 5.26 Å². The Kier molecular flexibility index (Phi) is 6.16. The Morgan fingerprint density at radius 3 is 2.48 bits per heavy atom. The lowest BCUT2D eigenvalue weighted by Crippen LogP contribution is -2.22. The van der Waals surface area contributed by atoms with Crippen molar-refractivity contribution in [3.05, 3.63) is 53.0 Å². The molecular weight excluding hydrogens is 396 g/mol. The molecule has 2 aromatic heterocycles. The molecular formula is C21H22N8O2. The lowest BCUT2D eigenvalue weighted by molar-refractivity contribution is 0.0964. The molecule has 10 heteroatoms. The van der Waals surface area contributed by atoms with Gasteiger partial charge in [-0.05, 0) is 26.0 Å². The van der Waals surface area contributed by atoms with Crippen molar-refractivity contribution in [3.8, 4) is 11.8 Å². The van der Waals surface area contributed by atoms with E-state index in [2.05, 4.69) is 37.0 Å². The lowest BCUT2D eigenvalue weighted by atomic mass is 10.1. The van der Waals surface area contributed by atoms with Gasteiger partial charge in [0.15, 0.2) is 5.75 Å². The summed E-state index contributed by atoms with van der Waals surface area (Å²) in [5, 5.41) is 18.1. The van der Waals surface area contributed by atoms with Gasteiger partial charge in [0.1, 0.15) is 34.9 Å². The van der Waals surface area contributed by atoms with Gasteiger partial charge in [0.05, 0.1) is 24.0 Å². The third-order valence-electron chi connectivity index (χ3n) is 4.33. The fourth-order valence-corrected chi connectivity index (χ4v) is 3.09. The highest BCUT2D eigenvalue weighted by atomic mass is 16.5. The average Bonchev–Trinajstić information content (AvgIpc) is 2.72. The molecule has 0 unspecified atom stereocenters. The first-order valence-corrected chi connectivity index (χ1v) is 9.32. The minimum atomic E-state index is -0.414. The van der Waals surface area contributed by atoms with Crippen LogP contribution in [0.25, 0.3) is 0 Å². The number of benzene rings is 1. The van der Waals surface area contributed by atoms with Crippen LogP contribution in [0.4, 0.5) is 28.8 Å². The molecule has 5 N–H and O–H groups in total. The molecule has 158 valence electrons. The van der Waals surface area contributed by atoms with Gasteiger partial charge in [-0.25, -0.2) is 15.0 Å². The monoisotopic (exact) mass is 418 g/mol. The van der Waals surface area contributed by atoms with Gasteiger partial charge in [-0.3, -0.25) is 4.79 Å². The maximum atomic E-state index is 12.5. The van der Waals surface area contributed by atoms with Gasteiger partial charge in [0.25, 0.3) is 5.91 Å². The van der Waals surface area contributed by atoms with Gasteiger partial charge in [0, 0.05) is 24.9 Å². The number of nitrogens with one attached hydrogen (secondary N) is 3. The van der Waals surface area contributed by atoms with E-state index in [4.69, 9.17) is 10.5 Å². The van der Waals surface area contributed by atoms with Crippen LogP contribution >= 0.6 is 0 Å². The second-order valence-corrected chi connectivity index (χ2v) is 6.58. The average molecular weight is 418 g/mol. The Morgan fingerprint density at radius 1 is 1.10 bits per heavy atom. The van der Waals surface area contributed by atoms with Gasteiger partial charge >= 0.3 is 0 Å². The smallest absolute Gasteiger partial charge is 0.256 e. The minimum absolute atomic E-state index is 0.0183. The summed E-state index contributed by atoms with van der Waals surface area (Å²) in [6, 6.07) is 10.6. The number of pyridine rings is 1. The molecule has 2 heterocycles. The molecule has 1 aromatic carbocycles. The second-order valence-electron chi connectivity index (χ2n) is 6.58. The van der Waals surface area contributed by atoms with E-state index < -0.39 is 5.91 Å². The van der Waals surface area contributed by atoms with E-state index in [1.807, 2.05) is 6.92 Å². The van der Waals surface area contributed by atoms with Gasteiger partial charge < -0.3 is 26.4 Å². The Labute approximate surface area is 179 Å². The maximum Gasteiger partial charge on any atom is 0.256 e. The summed E-state index contributed by atoms with van der Waals surface area (Å²) in [6.07, 6.45) is 0. The standard InChI is InChI=1S/C21H22N8O2/c1-11-8-16(26-12(2)25-11)28-17-9-15(18(20(23)29-17)21(30)24-3)27-14-7-5-6-13(10-22)19(14)31-4/h5-9H,1-4H3,(H,24,30)(H4,23,25,26,27,28,29). The third-order valence-corrected chi connectivity index (χ3v) is 4.33. The first-order chi connectivity index (χ1) is 14.9. The summed E-state index contributed by atoms with van der Waals surface area (Å²) < 4.78 is 5.38. The molecule has 0 aliphatic carbocycles. The molecule has 0 saturated carbocycles. The van der Waals surface area contributed by atoms with Crippen molar-refractivity contribution in [3.63, 3.8) is 0 Å². The number of hydrogen-bond donors (Lipinski definition) is 4. The predicted octanol–water partition coefficient (Wildman–Crippen LogP) is 2.80. The maximum absolute atomic E-state index is 12.5. The number of nitriles is 1. The van der Waals surface area contributed by atoms with Crippen LogP contribution in [-0.2, 0) is 0 Å². The van der Waals surface area contributed by atoms with Crippen LogP contribution in [0.1, 0.15) is 27.4 Å². The van der Waals surface area contributed by atoms with Crippen LogP contribution < -0.4 is 26.4 Å². The number of nitrogens with zero attached hydrogens (tertiary/aromatic N) is 4. The van der Waals surface area contributed by atoms with E-state index >= 15 is 0 Å². The highest BCUT2D eigenvalue weighted by Gasteiger charge is 2.19. The van der Waals surface area contributed by atoms with Crippen molar-refractivity contribution < 1.29 is 9.53 Å². The van der Waals surface area contributed by atoms with Crippen molar-refractivity contribution in [2.24, 2.45) is 0 Å². The molecule has 0 saturated heterocycles. The molecule has 0 fully saturated rings. The van der Waals surface area contributed by atoms with Crippen LogP contribution in [0.3, 0.4) is 0 Å².